The Balaban J connectivity index is 1.55. The van der Waals surface area contributed by atoms with Gasteiger partial charge in [0.05, 0.1) is 17.0 Å². The van der Waals surface area contributed by atoms with Crippen molar-refractivity contribution >= 4 is 43.6 Å². The summed E-state index contributed by atoms with van der Waals surface area (Å²) < 4.78 is 34.4. The average Bonchev–Trinajstić information content (AvgIpc) is 3.20. The summed E-state index contributed by atoms with van der Waals surface area (Å²) in [4.78, 5) is 6.72. The van der Waals surface area contributed by atoms with Gasteiger partial charge in [0.15, 0.2) is 5.65 Å². The molecule has 0 saturated carbocycles. The van der Waals surface area contributed by atoms with Crippen LogP contribution in [0.2, 0.25) is 5.15 Å². The summed E-state index contributed by atoms with van der Waals surface area (Å²) in [5.41, 5.74) is 2.83. The second kappa shape index (κ2) is 9.93. The van der Waals surface area contributed by atoms with Crippen LogP contribution in [0.15, 0.2) is 89.8 Å². The molecule has 0 amide bonds. The lowest BCUT2D eigenvalue weighted by Gasteiger charge is -2.11. The van der Waals surface area contributed by atoms with Crippen molar-refractivity contribution in [1.29, 1.82) is 0 Å². The first-order chi connectivity index (χ1) is 17.3. The van der Waals surface area contributed by atoms with E-state index >= 15 is 0 Å². The lowest BCUT2D eigenvalue weighted by atomic mass is 10.0. The molecule has 2 aromatic heterocycles. The molecule has 6 nitrogen and oxygen atoms in total. The van der Waals surface area contributed by atoms with Crippen molar-refractivity contribution in [3.05, 3.63) is 90.1 Å². The van der Waals surface area contributed by atoms with Crippen LogP contribution in [0.1, 0.15) is 6.42 Å². The summed E-state index contributed by atoms with van der Waals surface area (Å²) in [7, 11) is 0.203. The van der Waals surface area contributed by atoms with E-state index in [1.807, 2.05) is 62.6 Å². The van der Waals surface area contributed by atoms with Crippen LogP contribution in [0.3, 0.4) is 0 Å². The number of pyridine rings is 1. The predicted octanol–water partition coefficient (Wildman–Crippen LogP) is 6.08. The Kier molecular flexibility index (Phi) is 6.71. The Morgan fingerprint density at radius 2 is 1.61 bits per heavy atom. The van der Waals surface area contributed by atoms with E-state index in [2.05, 4.69) is 9.88 Å². The Morgan fingerprint density at radius 1 is 0.889 bits per heavy atom. The Bertz CT molecular complexity index is 1630. The normalized spacial score (nSPS) is 12.0. The molecule has 0 unspecified atom stereocenters. The topological polar surface area (TPSA) is 64.4 Å². The molecule has 2 heterocycles. The van der Waals surface area contributed by atoms with Gasteiger partial charge in [-0.1, -0.05) is 48.0 Å². The molecule has 0 bridgehead atoms. The summed E-state index contributed by atoms with van der Waals surface area (Å²) >= 11 is 6.18. The third-order valence-corrected chi connectivity index (χ3v) is 7.96. The molecule has 0 atom stereocenters. The largest absolute Gasteiger partial charge is 0.494 e. The number of nitrogens with zero attached hydrogens (tertiary/aromatic N) is 3. The van der Waals surface area contributed by atoms with Gasteiger partial charge in [-0.2, -0.15) is 0 Å². The molecular weight excluding hydrogens is 494 g/mol. The third-order valence-electron chi connectivity index (χ3n) is 6.03. The van der Waals surface area contributed by atoms with Crippen molar-refractivity contribution in [1.82, 2.24) is 13.9 Å². The van der Waals surface area contributed by atoms with Gasteiger partial charge in [0.1, 0.15) is 10.9 Å². The molecule has 0 spiro atoms. The van der Waals surface area contributed by atoms with Crippen molar-refractivity contribution in [3.8, 4) is 16.9 Å². The SMILES string of the molecule is CN(C)CCCOc1ccc(-c2ccc3c(c2)c2ccc(Cl)nc2n3S(=O)(=O)c2ccccc2)cc1. The Hall–Kier alpha value is -3.39. The zero-order valence-corrected chi connectivity index (χ0v) is 21.6. The molecule has 5 aromatic rings. The van der Waals surface area contributed by atoms with Crippen LogP contribution in [0.5, 0.6) is 5.75 Å². The molecule has 0 aliphatic carbocycles. The number of hydrogen-bond donors (Lipinski definition) is 0. The van der Waals surface area contributed by atoms with E-state index in [0.717, 1.165) is 40.6 Å². The molecule has 8 heteroatoms. The lowest BCUT2D eigenvalue weighted by molar-refractivity contribution is 0.281. The minimum Gasteiger partial charge on any atom is -0.494 e. The van der Waals surface area contributed by atoms with E-state index in [9.17, 15) is 8.42 Å². The molecule has 0 aliphatic rings. The van der Waals surface area contributed by atoms with E-state index in [0.29, 0.717) is 17.8 Å². The summed E-state index contributed by atoms with van der Waals surface area (Å²) in [6, 6.07) is 25.5. The van der Waals surface area contributed by atoms with Crippen molar-refractivity contribution in [2.24, 2.45) is 0 Å². The average molecular weight is 520 g/mol. The summed E-state index contributed by atoms with van der Waals surface area (Å²) in [6.45, 7) is 1.64. The van der Waals surface area contributed by atoms with Crippen LogP contribution < -0.4 is 4.74 Å². The van der Waals surface area contributed by atoms with Crippen molar-refractivity contribution in [3.63, 3.8) is 0 Å². The fourth-order valence-corrected chi connectivity index (χ4v) is 5.91. The number of ether oxygens (including phenoxy) is 1. The molecule has 184 valence electrons. The lowest BCUT2D eigenvalue weighted by Crippen LogP contribution is -2.15. The van der Waals surface area contributed by atoms with Crippen molar-refractivity contribution in [2.45, 2.75) is 11.3 Å². The second-order valence-electron chi connectivity index (χ2n) is 8.85. The second-order valence-corrected chi connectivity index (χ2v) is 11.0. The fourth-order valence-electron chi connectivity index (χ4n) is 4.27. The number of halogens is 1. The smallest absolute Gasteiger partial charge is 0.269 e. The van der Waals surface area contributed by atoms with Gasteiger partial charge in [-0.15, -0.1) is 0 Å². The molecule has 0 radical (unpaired) electrons. The monoisotopic (exact) mass is 519 g/mol. The molecule has 0 aliphatic heterocycles. The van der Waals surface area contributed by atoms with Gasteiger partial charge in [-0.3, -0.25) is 0 Å². The van der Waals surface area contributed by atoms with Gasteiger partial charge in [0.25, 0.3) is 10.0 Å². The number of hydrogen-bond acceptors (Lipinski definition) is 5. The number of aromatic nitrogens is 2. The first kappa shape index (κ1) is 24.3. The van der Waals surface area contributed by atoms with Crippen LogP contribution >= 0.6 is 11.6 Å². The maximum atomic E-state index is 13.6. The van der Waals surface area contributed by atoms with Gasteiger partial charge in [-0.25, -0.2) is 17.4 Å². The zero-order chi connectivity index (χ0) is 25.3. The van der Waals surface area contributed by atoms with Gasteiger partial charge in [0, 0.05) is 17.3 Å². The number of fused-ring (bicyclic) bond motifs is 3. The summed E-state index contributed by atoms with van der Waals surface area (Å²) in [5.74, 6) is 0.822. The van der Waals surface area contributed by atoms with E-state index in [1.54, 1.807) is 36.4 Å². The highest BCUT2D eigenvalue weighted by Crippen LogP contribution is 2.35. The van der Waals surface area contributed by atoms with Crippen LogP contribution in [0.25, 0.3) is 33.1 Å². The van der Waals surface area contributed by atoms with E-state index < -0.39 is 10.0 Å². The summed E-state index contributed by atoms with van der Waals surface area (Å²) in [5, 5.41) is 1.74. The molecule has 5 rings (SSSR count). The molecule has 0 saturated heterocycles. The predicted molar refractivity (Wildman–Crippen MR) is 145 cm³/mol. The van der Waals surface area contributed by atoms with Crippen LogP contribution in [0.4, 0.5) is 0 Å². The number of benzene rings is 3. The van der Waals surface area contributed by atoms with E-state index in [4.69, 9.17) is 16.3 Å². The third kappa shape index (κ3) is 4.69. The van der Waals surface area contributed by atoms with Gasteiger partial charge in [-0.05, 0) is 80.2 Å². The van der Waals surface area contributed by atoms with Gasteiger partial charge < -0.3 is 9.64 Å². The molecule has 3 aromatic carbocycles. The summed E-state index contributed by atoms with van der Waals surface area (Å²) in [6.07, 6.45) is 0.958. The van der Waals surface area contributed by atoms with Gasteiger partial charge >= 0.3 is 0 Å². The first-order valence-electron chi connectivity index (χ1n) is 11.6. The molecular formula is C28H26ClN3O3S. The number of rotatable bonds is 8. The molecule has 36 heavy (non-hydrogen) atoms. The Morgan fingerprint density at radius 3 is 2.33 bits per heavy atom. The highest BCUT2D eigenvalue weighted by Gasteiger charge is 2.24. The zero-order valence-electron chi connectivity index (χ0n) is 20.1. The first-order valence-corrected chi connectivity index (χ1v) is 13.5. The van der Waals surface area contributed by atoms with E-state index in [1.165, 1.54) is 3.97 Å². The fraction of sp³-hybridized carbons (Fsp3) is 0.179. The van der Waals surface area contributed by atoms with Crippen LogP contribution in [0, 0.1) is 0 Å². The highest BCUT2D eigenvalue weighted by atomic mass is 35.5. The molecule has 0 fully saturated rings. The van der Waals surface area contributed by atoms with Crippen molar-refractivity contribution in [2.75, 3.05) is 27.2 Å². The minimum atomic E-state index is -3.89. The quantitative estimate of drug-likeness (QED) is 0.184. The standard InChI is InChI=1S/C28H26ClN3O3S/c1-31(2)17-6-18-35-22-12-9-20(10-13-22)21-11-15-26-25(19-21)24-14-16-27(29)30-28(24)32(26)36(33,34)23-7-4-3-5-8-23/h3-5,7-16,19H,6,17-18H2,1-2H3. The van der Waals surface area contributed by atoms with Crippen LogP contribution in [-0.4, -0.2) is 49.5 Å². The van der Waals surface area contributed by atoms with Gasteiger partial charge in [0.2, 0.25) is 0 Å². The maximum Gasteiger partial charge on any atom is 0.269 e. The highest BCUT2D eigenvalue weighted by molar-refractivity contribution is 7.90. The van der Waals surface area contributed by atoms with Crippen LogP contribution in [-0.2, 0) is 10.0 Å². The van der Waals surface area contributed by atoms with Crippen molar-refractivity contribution < 1.29 is 13.2 Å². The maximum absolute atomic E-state index is 13.6. The minimum absolute atomic E-state index is 0.191. The van der Waals surface area contributed by atoms with E-state index in [-0.39, 0.29) is 10.0 Å². The molecule has 0 N–H and O–H groups in total. The Labute approximate surface area is 215 Å².